The first kappa shape index (κ1) is 12.0. The van der Waals surface area contributed by atoms with E-state index < -0.39 is 0 Å². The fourth-order valence-corrected chi connectivity index (χ4v) is 1.64. The molecular formula is C13H10N4S. The van der Waals surface area contributed by atoms with E-state index in [9.17, 15) is 0 Å². The van der Waals surface area contributed by atoms with Gasteiger partial charge in [-0.1, -0.05) is 12.1 Å². The molecule has 0 spiro atoms. The lowest BCUT2D eigenvalue weighted by Crippen LogP contribution is -2.19. The first-order valence-corrected chi connectivity index (χ1v) is 5.67. The van der Waals surface area contributed by atoms with Crippen molar-refractivity contribution in [3.63, 3.8) is 0 Å². The van der Waals surface area contributed by atoms with Gasteiger partial charge in [0.2, 0.25) is 0 Å². The molecule has 0 unspecified atom stereocenters. The Balaban J connectivity index is 2.06. The molecule has 0 bridgehead atoms. The van der Waals surface area contributed by atoms with Crippen LogP contribution in [0.4, 0.5) is 11.4 Å². The van der Waals surface area contributed by atoms with E-state index in [4.69, 9.17) is 17.5 Å². The minimum absolute atomic E-state index is 0.422. The molecule has 1 aromatic carbocycles. The van der Waals surface area contributed by atoms with Crippen LogP contribution in [0.5, 0.6) is 0 Å². The van der Waals surface area contributed by atoms with E-state index in [-0.39, 0.29) is 0 Å². The SMILES string of the molecule is N#Cc1ccccc1NC(=S)Nc1cccnc1. The van der Waals surface area contributed by atoms with Gasteiger partial charge in [0, 0.05) is 6.20 Å². The van der Waals surface area contributed by atoms with Crippen LogP contribution in [-0.4, -0.2) is 10.1 Å². The Labute approximate surface area is 110 Å². The summed E-state index contributed by atoms with van der Waals surface area (Å²) in [5.74, 6) is 0. The third kappa shape index (κ3) is 3.03. The molecular weight excluding hydrogens is 244 g/mol. The molecule has 0 atom stereocenters. The quantitative estimate of drug-likeness (QED) is 0.807. The zero-order valence-corrected chi connectivity index (χ0v) is 10.2. The number of nitriles is 1. The molecule has 2 N–H and O–H groups in total. The van der Waals surface area contributed by atoms with Gasteiger partial charge in [-0.25, -0.2) is 0 Å². The maximum atomic E-state index is 8.96. The van der Waals surface area contributed by atoms with E-state index in [1.807, 2.05) is 18.2 Å². The predicted octanol–water partition coefficient (Wildman–Crippen LogP) is 2.76. The Hall–Kier alpha value is -2.45. The first-order chi connectivity index (χ1) is 8.79. The summed E-state index contributed by atoms with van der Waals surface area (Å²) in [6.07, 6.45) is 3.36. The standard InChI is InChI=1S/C13H10N4S/c14-8-10-4-1-2-6-12(10)17-13(18)16-11-5-3-7-15-9-11/h1-7,9H,(H2,16,17,18). The van der Waals surface area contributed by atoms with Crippen LogP contribution < -0.4 is 10.6 Å². The zero-order chi connectivity index (χ0) is 12.8. The summed E-state index contributed by atoms with van der Waals surface area (Å²) in [5, 5.41) is 15.3. The second-order valence-electron chi connectivity index (χ2n) is 3.48. The lowest BCUT2D eigenvalue weighted by Gasteiger charge is -2.10. The lowest BCUT2D eigenvalue weighted by molar-refractivity contribution is 1.33. The van der Waals surface area contributed by atoms with Crippen LogP contribution >= 0.6 is 12.2 Å². The number of nitrogens with one attached hydrogen (secondary N) is 2. The highest BCUT2D eigenvalue weighted by Crippen LogP contribution is 2.14. The van der Waals surface area contributed by atoms with Crippen molar-refractivity contribution in [2.75, 3.05) is 10.6 Å². The molecule has 0 radical (unpaired) electrons. The molecule has 0 saturated carbocycles. The normalized spacial score (nSPS) is 9.28. The van der Waals surface area contributed by atoms with Gasteiger partial charge in [-0.15, -0.1) is 0 Å². The maximum absolute atomic E-state index is 8.96. The van der Waals surface area contributed by atoms with Gasteiger partial charge < -0.3 is 10.6 Å². The minimum Gasteiger partial charge on any atom is -0.331 e. The average molecular weight is 254 g/mol. The molecule has 0 aliphatic carbocycles. The molecule has 1 aromatic heterocycles. The fraction of sp³-hybridized carbons (Fsp3) is 0. The summed E-state index contributed by atoms with van der Waals surface area (Å²) in [4.78, 5) is 3.98. The van der Waals surface area contributed by atoms with Crippen molar-refractivity contribution in [2.24, 2.45) is 0 Å². The third-order valence-corrected chi connectivity index (χ3v) is 2.42. The zero-order valence-electron chi connectivity index (χ0n) is 9.42. The Morgan fingerprint density at radius 3 is 2.72 bits per heavy atom. The molecule has 2 aromatic rings. The lowest BCUT2D eigenvalue weighted by atomic mass is 10.2. The van der Waals surface area contributed by atoms with E-state index in [1.165, 1.54) is 0 Å². The third-order valence-electron chi connectivity index (χ3n) is 2.22. The Bertz CT molecular complexity index is 589. The molecule has 0 saturated heterocycles. The van der Waals surface area contributed by atoms with Gasteiger partial charge in [0.05, 0.1) is 23.1 Å². The van der Waals surface area contributed by atoms with E-state index in [1.54, 1.807) is 30.6 Å². The second kappa shape index (κ2) is 5.75. The summed E-state index contributed by atoms with van der Waals surface area (Å²) in [6.45, 7) is 0. The number of aromatic nitrogens is 1. The molecule has 88 valence electrons. The van der Waals surface area contributed by atoms with E-state index in [2.05, 4.69) is 21.7 Å². The van der Waals surface area contributed by atoms with Gasteiger partial charge in [-0.3, -0.25) is 4.98 Å². The van der Waals surface area contributed by atoms with Crippen LogP contribution in [0.25, 0.3) is 0 Å². The highest BCUT2D eigenvalue weighted by Gasteiger charge is 2.03. The van der Waals surface area contributed by atoms with E-state index >= 15 is 0 Å². The first-order valence-electron chi connectivity index (χ1n) is 5.27. The van der Waals surface area contributed by atoms with Gasteiger partial charge in [-0.2, -0.15) is 5.26 Å². The van der Waals surface area contributed by atoms with Crippen LogP contribution in [0.2, 0.25) is 0 Å². The molecule has 0 aliphatic rings. The number of hydrogen-bond acceptors (Lipinski definition) is 3. The number of anilines is 2. The van der Waals surface area contributed by atoms with Crippen molar-refractivity contribution in [1.29, 1.82) is 5.26 Å². The monoisotopic (exact) mass is 254 g/mol. The Morgan fingerprint density at radius 1 is 1.17 bits per heavy atom. The number of pyridine rings is 1. The molecule has 18 heavy (non-hydrogen) atoms. The van der Waals surface area contributed by atoms with E-state index in [0.29, 0.717) is 16.4 Å². The molecule has 4 nitrogen and oxygen atoms in total. The van der Waals surface area contributed by atoms with Crippen LogP contribution in [0.3, 0.4) is 0 Å². The summed E-state index contributed by atoms with van der Waals surface area (Å²) in [6, 6.07) is 13.0. The van der Waals surface area contributed by atoms with Crippen molar-refractivity contribution in [1.82, 2.24) is 4.98 Å². The minimum atomic E-state index is 0.422. The smallest absolute Gasteiger partial charge is 0.175 e. The van der Waals surface area contributed by atoms with Crippen molar-refractivity contribution < 1.29 is 0 Å². The van der Waals surface area contributed by atoms with Gasteiger partial charge in [0.15, 0.2) is 5.11 Å². The van der Waals surface area contributed by atoms with Crippen LogP contribution in [-0.2, 0) is 0 Å². The highest BCUT2D eigenvalue weighted by atomic mass is 32.1. The van der Waals surface area contributed by atoms with Crippen molar-refractivity contribution >= 4 is 28.7 Å². The number of nitrogens with zero attached hydrogens (tertiary/aromatic N) is 2. The fourth-order valence-electron chi connectivity index (χ4n) is 1.41. The summed E-state index contributed by atoms with van der Waals surface area (Å²) >= 11 is 5.17. The molecule has 2 rings (SSSR count). The predicted molar refractivity (Wildman–Crippen MR) is 75.2 cm³/mol. The largest absolute Gasteiger partial charge is 0.331 e. The summed E-state index contributed by atoms with van der Waals surface area (Å²) < 4.78 is 0. The van der Waals surface area contributed by atoms with Gasteiger partial charge >= 0.3 is 0 Å². The number of hydrogen-bond donors (Lipinski definition) is 2. The van der Waals surface area contributed by atoms with Gasteiger partial charge in [0.1, 0.15) is 6.07 Å². The maximum Gasteiger partial charge on any atom is 0.175 e. The second-order valence-corrected chi connectivity index (χ2v) is 3.89. The summed E-state index contributed by atoms with van der Waals surface area (Å²) in [5.41, 5.74) is 2.03. The highest BCUT2D eigenvalue weighted by molar-refractivity contribution is 7.80. The Morgan fingerprint density at radius 2 is 2.00 bits per heavy atom. The molecule has 0 fully saturated rings. The van der Waals surface area contributed by atoms with E-state index in [0.717, 1.165) is 5.69 Å². The molecule has 1 heterocycles. The molecule has 0 amide bonds. The molecule has 0 aliphatic heterocycles. The van der Waals surface area contributed by atoms with Crippen LogP contribution in [0, 0.1) is 11.3 Å². The van der Waals surface area contributed by atoms with Gasteiger partial charge in [0.25, 0.3) is 0 Å². The van der Waals surface area contributed by atoms with Crippen LogP contribution in [0.15, 0.2) is 48.8 Å². The van der Waals surface area contributed by atoms with Crippen molar-refractivity contribution in [3.05, 3.63) is 54.4 Å². The average Bonchev–Trinajstić information content (AvgIpc) is 2.40. The molecule has 5 heteroatoms. The van der Waals surface area contributed by atoms with Crippen molar-refractivity contribution in [2.45, 2.75) is 0 Å². The topological polar surface area (TPSA) is 60.7 Å². The number of thiocarbonyl (C=S) groups is 1. The Kier molecular flexibility index (Phi) is 3.84. The summed E-state index contributed by atoms with van der Waals surface area (Å²) in [7, 11) is 0. The number of para-hydroxylation sites is 1. The number of rotatable bonds is 2. The van der Waals surface area contributed by atoms with Crippen molar-refractivity contribution in [3.8, 4) is 6.07 Å². The van der Waals surface area contributed by atoms with Gasteiger partial charge in [-0.05, 0) is 36.5 Å². The van der Waals surface area contributed by atoms with Crippen LogP contribution in [0.1, 0.15) is 5.56 Å². The number of benzene rings is 1.